The van der Waals surface area contributed by atoms with Crippen molar-refractivity contribution in [2.24, 2.45) is 0 Å². The second-order valence-electron chi connectivity index (χ2n) is 13.1. The van der Waals surface area contributed by atoms with E-state index in [1.54, 1.807) is 46.5 Å². The van der Waals surface area contributed by atoms with Gasteiger partial charge in [0.1, 0.15) is 16.6 Å². The molecular formula is C40H42IN9O4S. The van der Waals surface area contributed by atoms with Gasteiger partial charge in [0.2, 0.25) is 11.8 Å². The quantitative estimate of drug-likeness (QED) is 0.0624. The summed E-state index contributed by atoms with van der Waals surface area (Å²) < 4.78 is 13.7. The van der Waals surface area contributed by atoms with E-state index < -0.39 is 0 Å². The number of alkyl halides is 1. The van der Waals surface area contributed by atoms with Crippen molar-refractivity contribution in [1.29, 1.82) is 0 Å². The number of nitrogens with one attached hydrogen (secondary N) is 4. The highest BCUT2D eigenvalue weighted by atomic mass is 127. The largest absolute Gasteiger partial charge is 0.438 e. The van der Waals surface area contributed by atoms with Crippen molar-refractivity contribution in [2.45, 2.75) is 30.6 Å². The molecule has 0 saturated carbocycles. The van der Waals surface area contributed by atoms with E-state index in [1.165, 1.54) is 0 Å². The summed E-state index contributed by atoms with van der Waals surface area (Å²) in [6.07, 6.45) is 3.63. The zero-order valence-electron chi connectivity index (χ0n) is 30.5. The van der Waals surface area contributed by atoms with Crippen molar-refractivity contribution in [3.05, 3.63) is 107 Å². The van der Waals surface area contributed by atoms with Gasteiger partial charge < -0.3 is 25.4 Å². The molecule has 3 aromatic heterocycles. The molecule has 0 spiro atoms. The van der Waals surface area contributed by atoms with Gasteiger partial charge in [-0.1, -0.05) is 66.3 Å². The predicted molar refractivity (Wildman–Crippen MR) is 226 cm³/mol. The van der Waals surface area contributed by atoms with Gasteiger partial charge in [0.15, 0.2) is 0 Å². The number of ether oxygens (including phenoxy) is 2. The average Bonchev–Trinajstić information content (AvgIpc) is 3.82. The zero-order chi connectivity index (χ0) is 38.1. The normalized spacial score (nSPS) is 13.7. The van der Waals surface area contributed by atoms with E-state index in [-0.39, 0.29) is 15.9 Å². The third-order valence-electron chi connectivity index (χ3n) is 8.93. The number of urea groups is 1. The maximum Gasteiger partial charge on any atom is 0.324 e. The van der Waals surface area contributed by atoms with Crippen molar-refractivity contribution < 1.29 is 19.1 Å². The van der Waals surface area contributed by atoms with Gasteiger partial charge in [0, 0.05) is 66.5 Å². The fourth-order valence-electron chi connectivity index (χ4n) is 6.17. The first kappa shape index (κ1) is 38.2. The summed E-state index contributed by atoms with van der Waals surface area (Å²) in [5.74, 6) is 1.64. The molecule has 7 rings (SSSR count). The van der Waals surface area contributed by atoms with Crippen LogP contribution >= 0.6 is 33.9 Å². The van der Waals surface area contributed by atoms with E-state index in [2.05, 4.69) is 77.1 Å². The van der Waals surface area contributed by atoms with Crippen molar-refractivity contribution >= 4 is 79.8 Å². The summed E-state index contributed by atoms with van der Waals surface area (Å²) in [6, 6.07) is 23.8. The molecule has 0 radical (unpaired) electrons. The number of halogens is 1. The molecule has 13 nitrogen and oxygen atoms in total. The Morgan fingerprint density at radius 1 is 1.00 bits per heavy atom. The smallest absolute Gasteiger partial charge is 0.324 e. The lowest BCUT2D eigenvalue weighted by atomic mass is 10.1. The van der Waals surface area contributed by atoms with Crippen LogP contribution in [0.5, 0.6) is 11.6 Å². The van der Waals surface area contributed by atoms with Gasteiger partial charge in [-0.05, 0) is 60.7 Å². The summed E-state index contributed by atoms with van der Waals surface area (Å²) in [5, 5.41) is 21.7. The number of aryl methyl sites for hydroxylation is 1. The summed E-state index contributed by atoms with van der Waals surface area (Å²) >= 11 is 3.99. The number of thiophene rings is 1. The molecular weight excluding hydrogens is 829 g/mol. The molecule has 3 amide bonds. The Morgan fingerprint density at radius 2 is 1.84 bits per heavy atom. The Kier molecular flexibility index (Phi) is 12.5. The molecule has 1 fully saturated rings. The third-order valence-corrected chi connectivity index (χ3v) is 11.2. The van der Waals surface area contributed by atoms with E-state index in [1.807, 2.05) is 55.5 Å². The number of nitrogens with zero attached hydrogens (tertiary/aromatic N) is 5. The van der Waals surface area contributed by atoms with Gasteiger partial charge in [0.05, 0.1) is 28.5 Å². The highest BCUT2D eigenvalue weighted by Gasteiger charge is 2.19. The van der Waals surface area contributed by atoms with E-state index >= 15 is 0 Å². The number of aromatic nitrogens is 4. The number of carbonyl (C=O) groups excluding carboxylic acids is 2. The number of hydrogen-bond donors (Lipinski definition) is 4. The van der Waals surface area contributed by atoms with E-state index in [4.69, 9.17) is 14.6 Å². The molecule has 4 heterocycles. The van der Waals surface area contributed by atoms with Gasteiger partial charge in [-0.25, -0.2) is 14.5 Å². The van der Waals surface area contributed by atoms with Crippen LogP contribution in [0.1, 0.15) is 45.3 Å². The molecule has 1 aliphatic rings. The van der Waals surface area contributed by atoms with Crippen LogP contribution < -0.4 is 26.0 Å². The first-order valence-corrected chi connectivity index (χ1v) is 20.3. The monoisotopic (exact) mass is 871 g/mol. The average molecular weight is 872 g/mol. The predicted octanol–water partition coefficient (Wildman–Crippen LogP) is 8.70. The van der Waals surface area contributed by atoms with Crippen LogP contribution in [0.25, 0.3) is 15.8 Å². The number of fused-ring (bicyclic) bond motifs is 1. The SMILES string of the molecule is CCCC(I)c1cc(NC(=O)Nc2ccc(Oc3ccnc(Nc4cccc(C(=O)NCCN5CCOCC5)c4)n3)c3ccccc23)n(-c2cc(C)cs2)n1. The Morgan fingerprint density at radius 3 is 2.64 bits per heavy atom. The molecule has 6 aromatic rings. The number of morpholine rings is 1. The molecule has 55 heavy (non-hydrogen) atoms. The minimum Gasteiger partial charge on any atom is -0.438 e. The van der Waals surface area contributed by atoms with E-state index in [0.29, 0.717) is 46.9 Å². The van der Waals surface area contributed by atoms with Crippen molar-refractivity contribution in [3.8, 4) is 16.6 Å². The summed E-state index contributed by atoms with van der Waals surface area (Å²) in [6.45, 7) is 8.72. The van der Waals surface area contributed by atoms with Crippen LogP contribution in [-0.4, -0.2) is 76.0 Å². The van der Waals surface area contributed by atoms with Crippen LogP contribution in [0.3, 0.4) is 0 Å². The lowest BCUT2D eigenvalue weighted by Gasteiger charge is -2.26. The van der Waals surface area contributed by atoms with Gasteiger partial charge >= 0.3 is 6.03 Å². The van der Waals surface area contributed by atoms with Crippen molar-refractivity contribution in [2.75, 3.05) is 55.3 Å². The maximum atomic E-state index is 13.5. The molecule has 15 heteroatoms. The molecule has 3 aromatic carbocycles. The Balaban J connectivity index is 1.02. The third kappa shape index (κ3) is 9.77. The number of hydrogen-bond acceptors (Lipinski definition) is 10. The fraction of sp³-hybridized carbons (Fsp3) is 0.275. The second kappa shape index (κ2) is 18.0. The standard InChI is InChI=1S/C40H42IN9O4S/c1-3-7-31(41)33-24-35(50(48-33)37-22-26(2)25-55-37)46-40(52)45-32-12-13-34(30-11-5-4-10-29(30)32)54-36-14-15-43-39(47-36)44-28-9-6-8-27(23-28)38(51)42-16-17-49-18-20-53-21-19-49/h4-6,8-15,22-25,31H,3,7,16-21H2,1-2H3,(H,42,51)(H,43,44,47)(H2,45,46,52). The number of rotatable bonds is 14. The lowest BCUT2D eigenvalue weighted by Crippen LogP contribution is -2.41. The minimum absolute atomic E-state index is 0.150. The van der Waals surface area contributed by atoms with Gasteiger partial charge in [0.25, 0.3) is 5.91 Å². The summed E-state index contributed by atoms with van der Waals surface area (Å²) in [5.41, 5.74) is 3.87. The molecule has 284 valence electrons. The van der Waals surface area contributed by atoms with Crippen LogP contribution in [0.4, 0.5) is 27.9 Å². The molecule has 1 aliphatic heterocycles. The summed E-state index contributed by atoms with van der Waals surface area (Å²) in [7, 11) is 0. The van der Waals surface area contributed by atoms with Crippen LogP contribution in [0.2, 0.25) is 0 Å². The van der Waals surface area contributed by atoms with E-state index in [0.717, 1.165) is 72.7 Å². The molecule has 0 aliphatic carbocycles. The van der Waals surface area contributed by atoms with Crippen molar-refractivity contribution in [1.82, 2.24) is 30.0 Å². The molecule has 1 saturated heterocycles. The fourth-order valence-corrected chi connectivity index (χ4v) is 7.97. The topological polar surface area (TPSA) is 148 Å². The Hall–Kier alpha value is -5.10. The lowest BCUT2D eigenvalue weighted by molar-refractivity contribution is 0.0383. The van der Waals surface area contributed by atoms with Crippen LogP contribution in [0, 0.1) is 6.92 Å². The maximum absolute atomic E-state index is 13.5. The zero-order valence-corrected chi connectivity index (χ0v) is 33.5. The first-order valence-electron chi connectivity index (χ1n) is 18.2. The second-order valence-corrected chi connectivity index (χ2v) is 15.5. The molecule has 4 N–H and O–H groups in total. The molecule has 1 unspecified atom stereocenters. The minimum atomic E-state index is -0.388. The highest BCUT2D eigenvalue weighted by molar-refractivity contribution is 14.1. The van der Waals surface area contributed by atoms with Crippen molar-refractivity contribution in [3.63, 3.8) is 0 Å². The molecule has 0 bridgehead atoms. The van der Waals surface area contributed by atoms with Crippen LogP contribution in [-0.2, 0) is 4.74 Å². The Bertz CT molecular complexity index is 2270. The van der Waals surface area contributed by atoms with E-state index in [9.17, 15) is 9.59 Å². The summed E-state index contributed by atoms with van der Waals surface area (Å²) in [4.78, 5) is 37.6. The highest BCUT2D eigenvalue weighted by Crippen LogP contribution is 2.35. The van der Waals surface area contributed by atoms with Gasteiger partial charge in [-0.15, -0.1) is 11.3 Å². The number of anilines is 4. The van der Waals surface area contributed by atoms with Gasteiger partial charge in [-0.2, -0.15) is 10.1 Å². The molecule has 1 atom stereocenters. The first-order chi connectivity index (χ1) is 26.8. The van der Waals surface area contributed by atoms with Crippen LogP contribution in [0.15, 0.2) is 90.4 Å². The number of benzene rings is 3. The number of carbonyl (C=O) groups is 2. The Labute approximate surface area is 337 Å². The van der Waals surface area contributed by atoms with Gasteiger partial charge in [-0.3, -0.25) is 15.0 Å². The number of amides is 3.